The Labute approximate surface area is 235 Å². The summed E-state index contributed by atoms with van der Waals surface area (Å²) in [5.74, 6) is 3.71. The summed E-state index contributed by atoms with van der Waals surface area (Å²) >= 11 is 0. The summed E-state index contributed by atoms with van der Waals surface area (Å²) in [5.41, 5.74) is 5.30. The fraction of sp³-hybridized carbons (Fsp3) is 0.647. The average Bonchev–Trinajstić information content (AvgIpc) is 2.96. The van der Waals surface area contributed by atoms with E-state index in [9.17, 15) is 0 Å². The minimum absolute atomic E-state index is 0.202. The molecule has 1 saturated carbocycles. The number of rotatable bonds is 14. The highest BCUT2D eigenvalue weighted by molar-refractivity contribution is 7.42. The Hall–Kier alpha value is -1.57. The first-order chi connectivity index (χ1) is 18.3. The summed E-state index contributed by atoms with van der Waals surface area (Å²) in [7, 11) is -1.59. The standard InChI is InChI=1S/C34H53O3P/c1-9-24(5)28-18-20-33(31(22-28)26(7)11-3)36-38(35-30-16-14-13-15-17-30)37-34-21-19-29(25(6)10-2)23-32(34)27(8)12-4/h18-27,30H,9-17H2,1-8H3. The van der Waals surface area contributed by atoms with Crippen LogP contribution in [-0.2, 0) is 4.52 Å². The van der Waals surface area contributed by atoms with Gasteiger partial charge in [0.25, 0.3) is 0 Å². The molecule has 0 heterocycles. The van der Waals surface area contributed by atoms with Crippen LogP contribution in [-0.4, -0.2) is 6.10 Å². The van der Waals surface area contributed by atoms with Gasteiger partial charge in [-0.15, -0.1) is 0 Å². The van der Waals surface area contributed by atoms with Gasteiger partial charge in [0.15, 0.2) is 0 Å². The summed E-state index contributed by atoms with van der Waals surface area (Å²) in [4.78, 5) is 0. The van der Waals surface area contributed by atoms with Gasteiger partial charge in [0.2, 0.25) is 0 Å². The number of hydrogen-bond donors (Lipinski definition) is 0. The third-order valence-electron chi connectivity index (χ3n) is 8.85. The monoisotopic (exact) mass is 540 g/mol. The molecule has 0 saturated heterocycles. The summed E-state index contributed by atoms with van der Waals surface area (Å²) in [6.07, 6.45) is 10.5. The smallest absolute Gasteiger partial charge is 0.417 e. The van der Waals surface area contributed by atoms with Crippen LogP contribution in [0.4, 0.5) is 0 Å². The molecule has 1 aliphatic carbocycles. The van der Waals surface area contributed by atoms with Crippen molar-refractivity contribution in [3.8, 4) is 11.5 Å². The Morgan fingerprint density at radius 2 is 1.05 bits per heavy atom. The normalized spacial score (nSPS) is 18.4. The molecule has 212 valence electrons. The summed E-state index contributed by atoms with van der Waals surface area (Å²) in [6, 6.07) is 13.5. The molecule has 1 fully saturated rings. The highest BCUT2D eigenvalue weighted by Crippen LogP contribution is 2.49. The van der Waals surface area contributed by atoms with E-state index in [1.807, 2.05) is 0 Å². The van der Waals surface area contributed by atoms with Crippen molar-refractivity contribution in [1.29, 1.82) is 0 Å². The van der Waals surface area contributed by atoms with Crippen LogP contribution in [0, 0.1) is 0 Å². The van der Waals surface area contributed by atoms with Gasteiger partial charge in [-0.2, -0.15) is 0 Å². The fourth-order valence-corrected chi connectivity index (χ4v) is 6.34. The van der Waals surface area contributed by atoms with Gasteiger partial charge in [-0.3, -0.25) is 4.52 Å². The molecule has 0 aromatic heterocycles. The minimum Gasteiger partial charge on any atom is -0.417 e. The zero-order valence-electron chi connectivity index (χ0n) is 25.4. The molecular weight excluding hydrogens is 487 g/mol. The number of hydrogen-bond acceptors (Lipinski definition) is 3. The lowest BCUT2D eigenvalue weighted by Crippen LogP contribution is -2.17. The molecule has 0 radical (unpaired) electrons. The van der Waals surface area contributed by atoms with Crippen LogP contribution in [0.3, 0.4) is 0 Å². The number of benzene rings is 2. The van der Waals surface area contributed by atoms with E-state index in [0.717, 1.165) is 50.0 Å². The van der Waals surface area contributed by atoms with Gasteiger partial charge >= 0.3 is 8.60 Å². The zero-order chi connectivity index (χ0) is 27.7. The highest BCUT2D eigenvalue weighted by Gasteiger charge is 2.28. The predicted octanol–water partition coefficient (Wildman–Crippen LogP) is 11.8. The third kappa shape index (κ3) is 8.22. The zero-order valence-corrected chi connectivity index (χ0v) is 26.3. The SMILES string of the molecule is CCC(C)c1ccc(OP(Oc2ccc(C(C)CC)cc2C(C)CC)OC2CCCCC2)c(C(C)CC)c1. The summed E-state index contributed by atoms with van der Waals surface area (Å²) in [5, 5.41) is 0. The molecule has 38 heavy (non-hydrogen) atoms. The second-order valence-electron chi connectivity index (χ2n) is 11.6. The van der Waals surface area contributed by atoms with Crippen molar-refractivity contribution in [2.24, 2.45) is 0 Å². The largest absolute Gasteiger partial charge is 0.463 e. The van der Waals surface area contributed by atoms with Crippen LogP contribution in [0.25, 0.3) is 0 Å². The molecule has 0 spiro atoms. The Balaban J connectivity index is 1.97. The van der Waals surface area contributed by atoms with Crippen molar-refractivity contribution in [2.45, 2.75) is 143 Å². The Kier molecular flexibility index (Phi) is 12.4. The molecule has 0 amide bonds. The molecule has 1 aliphatic rings. The van der Waals surface area contributed by atoms with Crippen molar-refractivity contribution in [2.75, 3.05) is 0 Å². The predicted molar refractivity (Wildman–Crippen MR) is 164 cm³/mol. The Morgan fingerprint density at radius 1 is 0.632 bits per heavy atom. The Morgan fingerprint density at radius 3 is 1.45 bits per heavy atom. The molecule has 4 heteroatoms. The molecular formula is C34H53O3P. The molecule has 4 unspecified atom stereocenters. The first-order valence-corrected chi connectivity index (χ1v) is 16.5. The molecule has 4 atom stereocenters. The Bertz CT molecular complexity index is 914. The lowest BCUT2D eigenvalue weighted by atomic mass is 9.91. The van der Waals surface area contributed by atoms with E-state index in [0.29, 0.717) is 23.7 Å². The van der Waals surface area contributed by atoms with E-state index >= 15 is 0 Å². The maximum atomic E-state index is 6.73. The van der Waals surface area contributed by atoms with Gasteiger partial charge in [-0.25, -0.2) is 0 Å². The van der Waals surface area contributed by atoms with Gasteiger partial charge < -0.3 is 9.05 Å². The van der Waals surface area contributed by atoms with E-state index in [1.54, 1.807) is 0 Å². The van der Waals surface area contributed by atoms with Crippen molar-refractivity contribution >= 4 is 8.60 Å². The van der Waals surface area contributed by atoms with Crippen LogP contribution in [0.5, 0.6) is 11.5 Å². The molecule has 3 rings (SSSR count). The van der Waals surface area contributed by atoms with E-state index in [2.05, 4.69) is 91.8 Å². The molecule has 0 bridgehead atoms. The van der Waals surface area contributed by atoms with Gasteiger partial charge in [0.05, 0.1) is 6.10 Å². The second-order valence-corrected chi connectivity index (χ2v) is 12.6. The van der Waals surface area contributed by atoms with E-state index in [1.165, 1.54) is 41.5 Å². The average molecular weight is 541 g/mol. The summed E-state index contributed by atoms with van der Waals surface area (Å²) in [6.45, 7) is 18.2. The van der Waals surface area contributed by atoms with Crippen LogP contribution in [0.15, 0.2) is 36.4 Å². The lowest BCUT2D eigenvalue weighted by molar-refractivity contribution is 0.138. The van der Waals surface area contributed by atoms with Crippen molar-refractivity contribution < 1.29 is 13.6 Å². The third-order valence-corrected chi connectivity index (χ3v) is 10.0. The van der Waals surface area contributed by atoms with Crippen molar-refractivity contribution in [3.05, 3.63) is 58.7 Å². The fourth-order valence-electron chi connectivity index (χ4n) is 5.11. The molecule has 0 N–H and O–H groups in total. The minimum atomic E-state index is -1.59. The van der Waals surface area contributed by atoms with Crippen LogP contribution >= 0.6 is 8.60 Å². The van der Waals surface area contributed by atoms with E-state index in [4.69, 9.17) is 13.6 Å². The molecule has 0 aliphatic heterocycles. The first kappa shape index (κ1) is 31.0. The van der Waals surface area contributed by atoms with Gasteiger partial charge in [0, 0.05) is 0 Å². The van der Waals surface area contributed by atoms with Gasteiger partial charge in [0.1, 0.15) is 11.5 Å². The van der Waals surface area contributed by atoms with Crippen molar-refractivity contribution in [1.82, 2.24) is 0 Å². The van der Waals surface area contributed by atoms with Crippen LogP contribution in [0.2, 0.25) is 0 Å². The van der Waals surface area contributed by atoms with E-state index < -0.39 is 8.60 Å². The van der Waals surface area contributed by atoms with Gasteiger partial charge in [-0.1, -0.05) is 98.9 Å². The molecule has 3 nitrogen and oxygen atoms in total. The lowest BCUT2D eigenvalue weighted by Gasteiger charge is -2.28. The first-order valence-electron chi connectivity index (χ1n) is 15.4. The van der Waals surface area contributed by atoms with E-state index in [-0.39, 0.29) is 6.10 Å². The maximum Gasteiger partial charge on any atom is 0.463 e. The van der Waals surface area contributed by atoms with Crippen LogP contribution in [0.1, 0.15) is 159 Å². The quantitative estimate of drug-likeness (QED) is 0.223. The van der Waals surface area contributed by atoms with Crippen molar-refractivity contribution in [3.63, 3.8) is 0 Å². The van der Waals surface area contributed by atoms with Crippen LogP contribution < -0.4 is 9.05 Å². The summed E-state index contributed by atoms with van der Waals surface area (Å²) < 4.78 is 20.1. The molecule has 2 aromatic carbocycles. The topological polar surface area (TPSA) is 27.7 Å². The molecule has 2 aromatic rings. The second kappa shape index (κ2) is 15.3. The maximum absolute atomic E-state index is 6.73. The highest BCUT2D eigenvalue weighted by atomic mass is 31.2. The van der Waals surface area contributed by atoms with Gasteiger partial charge in [-0.05, 0) is 96.6 Å².